The number of carbonyl (C=O) groups is 1. The van der Waals surface area contributed by atoms with Gasteiger partial charge in [0.05, 0.1) is 0 Å². The van der Waals surface area contributed by atoms with E-state index >= 15 is 0 Å². The highest BCUT2D eigenvalue weighted by Gasteiger charge is 2.14. The summed E-state index contributed by atoms with van der Waals surface area (Å²) in [5.74, 6) is 1.04. The molecule has 0 fully saturated rings. The van der Waals surface area contributed by atoms with Crippen molar-refractivity contribution in [3.63, 3.8) is 0 Å². The van der Waals surface area contributed by atoms with Crippen LogP contribution in [0.3, 0.4) is 0 Å². The first-order valence-electron chi connectivity index (χ1n) is 6.24. The number of thioether (sulfide) groups is 1. The van der Waals surface area contributed by atoms with Gasteiger partial charge in [0.15, 0.2) is 0 Å². The molecule has 0 aromatic heterocycles. The predicted molar refractivity (Wildman–Crippen MR) is 78.7 cm³/mol. The topological polar surface area (TPSA) is 55.1 Å². The molecular weight excluding hydrogens is 244 g/mol. The fraction of sp³-hybridized carbons (Fsp3) is 0.500. The Morgan fingerprint density at radius 3 is 2.61 bits per heavy atom. The molecule has 0 bridgehead atoms. The molecular formula is C14H22N2OS. The molecule has 1 amide bonds. The van der Waals surface area contributed by atoms with Crippen molar-refractivity contribution in [2.75, 3.05) is 18.6 Å². The van der Waals surface area contributed by atoms with Crippen LogP contribution in [0.4, 0.5) is 0 Å². The van der Waals surface area contributed by atoms with Crippen LogP contribution in [0.15, 0.2) is 24.3 Å². The Morgan fingerprint density at radius 2 is 2.00 bits per heavy atom. The number of rotatable bonds is 7. The molecule has 0 heterocycles. The van der Waals surface area contributed by atoms with Gasteiger partial charge in [0.25, 0.3) is 0 Å². The van der Waals surface area contributed by atoms with Crippen LogP contribution < -0.4 is 11.1 Å². The minimum Gasteiger partial charge on any atom is -0.354 e. The molecule has 0 saturated heterocycles. The molecule has 1 aromatic carbocycles. The number of nitrogens with one attached hydrogen (secondary N) is 1. The summed E-state index contributed by atoms with van der Waals surface area (Å²) in [6.45, 7) is 2.72. The van der Waals surface area contributed by atoms with Crippen molar-refractivity contribution in [1.29, 1.82) is 0 Å². The van der Waals surface area contributed by atoms with Crippen LogP contribution in [0, 0.1) is 6.92 Å². The van der Waals surface area contributed by atoms with Gasteiger partial charge in [-0.25, -0.2) is 0 Å². The van der Waals surface area contributed by atoms with Crippen molar-refractivity contribution in [3.05, 3.63) is 35.4 Å². The Labute approximate surface area is 114 Å². The van der Waals surface area contributed by atoms with E-state index in [1.807, 2.05) is 43.0 Å². The number of hydrogen-bond acceptors (Lipinski definition) is 3. The Morgan fingerprint density at radius 1 is 1.33 bits per heavy atom. The third-order valence-electron chi connectivity index (χ3n) is 2.79. The van der Waals surface area contributed by atoms with Crippen LogP contribution in [0.25, 0.3) is 0 Å². The molecule has 1 unspecified atom stereocenters. The minimum absolute atomic E-state index is 0.0944. The lowest BCUT2D eigenvalue weighted by atomic mass is 10.1. The van der Waals surface area contributed by atoms with Crippen LogP contribution in [-0.4, -0.2) is 24.5 Å². The van der Waals surface area contributed by atoms with Crippen molar-refractivity contribution in [1.82, 2.24) is 5.32 Å². The highest BCUT2D eigenvalue weighted by atomic mass is 32.2. The quantitative estimate of drug-likeness (QED) is 0.744. The molecule has 4 heteroatoms. The molecule has 0 aliphatic heterocycles. The second kappa shape index (κ2) is 8.16. The van der Waals surface area contributed by atoms with Gasteiger partial charge in [0, 0.05) is 6.54 Å². The van der Waals surface area contributed by atoms with E-state index in [9.17, 15) is 4.79 Å². The minimum atomic E-state index is -0.564. The van der Waals surface area contributed by atoms with Gasteiger partial charge in [0.2, 0.25) is 5.91 Å². The third kappa shape index (κ3) is 5.10. The van der Waals surface area contributed by atoms with Crippen LogP contribution in [0.5, 0.6) is 0 Å². The molecule has 0 aliphatic carbocycles. The van der Waals surface area contributed by atoms with Crippen LogP contribution in [-0.2, 0) is 4.79 Å². The SMILES string of the molecule is CSCCCCNC(=O)C(N)c1ccc(C)cc1. The van der Waals surface area contributed by atoms with Gasteiger partial charge in [-0.3, -0.25) is 4.79 Å². The third-order valence-corrected chi connectivity index (χ3v) is 3.49. The summed E-state index contributed by atoms with van der Waals surface area (Å²) >= 11 is 1.83. The lowest BCUT2D eigenvalue weighted by Gasteiger charge is -2.12. The fourth-order valence-corrected chi connectivity index (χ4v) is 2.11. The second-order valence-electron chi connectivity index (χ2n) is 4.38. The van der Waals surface area contributed by atoms with Gasteiger partial charge in [-0.15, -0.1) is 0 Å². The van der Waals surface area contributed by atoms with E-state index in [1.165, 1.54) is 5.56 Å². The van der Waals surface area contributed by atoms with Crippen LogP contribution in [0.2, 0.25) is 0 Å². The Hall–Kier alpha value is -1.00. The van der Waals surface area contributed by atoms with E-state index in [-0.39, 0.29) is 5.91 Å². The van der Waals surface area contributed by atoms with Crippen molar-refractivity contribution in [2.45, 2.75) is 25.8 Å². The summed E-state index contributed by atoms with van der Waals surface area (Å²) in [6, 6.07) is 7.20. The first-order valence-corrected chi connectivity index (χ1v) is 7.63. The van der Waals surface area contributed by atoms with E-state index in [4.69, 9.17) is 5.73 Å². The maximum absolute atomic E-state index is 11.8. The maximum atomic E-state index is 11.8. The first-order chi connectivity index (χ1) is 8.65. The Balaban J connectivity index is 2.34. The van der Waals surface area contributed by atoms with Gasteiger partial charge in [-0.2, -0.15) is 11.8 Å². The Bertz CT molecular complexity index is 365. The van der Waals surface area contributed by atoms with Crippen molar-refractivity contribution >= 4 is 17.7 Å². The van der Waals surface area contributed by atoms with E-state index in [1.54, 1.807) is 0 Å². The molecule has 100 valence electrons. The lowest BCUT2D eigenvalue weighted by Crippen LogP contribution is -2.34. The largest absolute Gasteiger partial charge is 0.354 e. The van der Waals surface area contributed by atoms with E-state index in [2.05, 4.69) is 11.6 Å². The van der Waals surface area contributed by atoms with Crippen molar-refractivity contribution in [3.8, 4) is 0 Å². The lowest BCUT2D eigenvalue weighted by molar-refractivity contribution is -0.122. The van der Waals surface area contributed by atoms with Crippen LogP contribution >= 0.6 is 11.8 Å². The zero-order valence-electron chi connectivity index (χ0n) is 11.1. The number of benzene rings is 1. The monoisotopic (exact) mass is 266 g/mol. The molecule has 1 atom stereocenters. The Kier molecular flexibility index (Phi) is 6.83. The second-order valence-corrected chi connectivity index (χ2v) is 5.36. The van der Waals surface area contributed by atoms with Gasteiger partial charge in [0.1, 0.15) is 6.04 Å². The average molecular weight is 266 g/mol. The highest BCUT2D eigenvalue weighted by molar-refractivity contribution is 7.98. The number of nitrogens with two attached hydrogens (primary N) is 1. The number of aryl methyl sites for hydroxylation is 1. The van der Waals surface area contributed by atoms with Crippen LogP contribution in [0.1, 0.15) is 30.0 Å². The standard InChI is InChI=1S/C14H22N2OS/c1-11-5-7-12(8-6-11)13(15)14(17)16-9-3-4-10-18-2/h5-8,13H,3-4,9-10,15H2,1-2H3,(H,16,17). The first kappa shape index (κ1) is 15.1. The summed E-state index contributed by atoms with van der Waals surface area (Å²) in [5.41, 5.74) is 7.95. The number of hydrogen-bond donors (Lipinski definition) is 2. The summed E-state index contributed by atoms with van der Waals surface area (Å²) in [7, 11) is 0. The molecule has 3 N–H and O–H groups in total. The van der Waals surface area contributed by atoms with E-state index in [0.717, 1.165) is 24.2 Å². The van der Waals surface area contributed by atoms with E-state index < -0.39 is 6.04 Å². The predicted octanol–water partition coefficient (Wildman–Crippen LogP) is 2.25. The number of amides is 1. The normalized spacial score (nSPS) is 12.2. The summed E-state index contributed by atoms with van der Waals surface area (Å²) in [4.78, 5) is 11.8. The fourth-order valence-electron chi connectivity index (χ4n) is 1.62. The van der Waals surface area contributed by atoms with Gasteiger partial charge < -0.3 is 11.1 Å². The molecule has 0 aliphatic rings. The molecule has 0 radical (unpaired) electrons. The summed E-state index contributed by atoms with van der Waals surface area (Å²) < 4.78 is 0. The zero-order valence-corrected chi connectivity index (χ0v) is 11.9. The van der Waals surface area contributed by atoms with Gasteiger partial charge in [-0.05, 0) is 37.3 Å². The average Bonchev–Trinajstić information content (AvgIpc) is 2.38. The van der Waals surface area contributed by atoms with Gasteiger partial charge >= 0.3 is 0 Å². The summed E-state index contributed by atoms with van der Waals surface area (Å²) in [6.07, 6.45) is 4.22. The zero-order chi connectivity index (χ0) is 13.4. The van der Waals surface area contributed by atoms with Crippen molar-refractivity contribution < 1.29 is 4.79 Å². The number of unbranched alkanes of at least 4 members (excludes halogenated alkanes) is 1. The molecule has 18 heavy (non-hydrogen) atoms. The van der Waals surface area contributed by atoms with Crippen molar-refractivity contribution in [2.24, 2.45) is 5.73 Å². The molecule has 3 nitrogen and oxygen atoms in total. The smallest absolute Gasteiger partial charge is 0.241 e. The highest BCUT2D eigenvalue weighted by Crippen LogP contribution is 2.11. The molecule has 0 spiro atoms. The maximum Gasteiger partial charge on any atom is 0.241 e. The molecule has 1 aromatic rings. The molecule has 0 saturated carbocycles. The van der Waals surface area contributed by atoms with E-state index in [0.29, 0.717) is 6.54 Å². The summed E-state index contributed by atoms with van der Waals surface area (Å²) in [5, 5.41) is 2.88. The van der Waals surface area contributed by atoms with Gasteiger partial charge in [-0.1, -0.05) is 29.8 Å². The number of carbonyl (C=O) groups excluding carboxylic acids is 1. The molecule has 1 rings (SSSR count).